The molecule has 6 nitrogen and oxygen atoms in total. The Kier molecular flexibility index (Phi) is 8.78. The second-order valence-corrected chi connectivity index (χ2v) is 8.07. The van der Waals surface area contributed by atoms with Gasteiger partial charge in [0.2, 0.25) is 0 Å². The normalized spacial score (nSPS) is 15.8. The van der Waals surface area contributed by atoms with Gasteiger partial charge in [-0.3, -0.25) is 9.89 Å². The van der Waals surface area contributed by atoms with Crippen molar-refractivity contribution >= 4 is 17.6 Å². The predicted molar refractivity (Wildman–Crippen MR) is 123 cm³/mol. The minimum atomic E-state index is 0.527. The van der Waals surface area contributed by atoms with Crippen LogP contribution in [0.5, 0.6) is 5.75 Å². The average molecular weight is 430 g/mol. The number of nitrogens with one attached hydrogen (secondary N) is 2. The molecule has 0 aliphatic carbocycles. The van der Waals surface area contributed by atoms with Crippen molar-refractivity contribution < 1.29 is 4.74 Å². The highest BCUT2D eigenvalue weighted by atomic mass is 35.5. The van der Waals surface area contributed by atoms with Crippen molar-refractivity contribution in [2.24, 2.45) is 10.9 Å². The quantitative estimate of drug-likeness (QED) is 0.382. The molecule has 1 aliphatic rings. The van der Waals surface area contributed by atoms with Crippen molar-refractivity contribution in [3.05, 3.63) is 58.9 Å². The van der Waals surface area contributed by atoms with E-state index in [-0.39, 0.29) is 0 Å². The number of aromatic nitrogens is 1. The van der Waals surface area contributed by atoms with Gasteiger partial charge in [0, 0.05) is 32.9 Å². The predicted octanol–water partition coefficient (Wildman–Crippen LogP) is 3.36. The molecule has 2 aromatic rings. The van der Waals surface area contributed by atoms with Crippen LogP contribution in [0.3, 0.4) is 0 Å². The van der Waals surface area contributed by atoms with E-state index in [1.165, 1.54) is 18.4 Å². The second kappa shape index (κ2) is 11.8. The Balaban J connectivity index is 1.33. The highest BCUT2D eigenvalue weighted by Gasteiger charge is 2.19. The minimum Gasteiger partial charge on any atom is -0.497 e. The standard InChI is InChI=1S/C23H32ClN5O/c1-25-23(26-12-9-18-5-8-22(24)27-15-18)28-16-19-10-13-29(14-11-19)17-20-3-6-21(30-2)7-4-20/h3-8,15,19H,9-14,16-17H2,1-2H3,(H2,25,26,28). The highest BCUT2D eigenvalue weighted by Crippen LogP contribution is 2.19. The fraction of sp³-hybridized carbons (Fsp3) is 0.478. The molecule has 7 heteroatoms. The largest absolute Gasteiger partial charge is 0.497 e. The molecule has 0 unspecified atom stereocenters. The fourth-order valence-electron chi connectivity index (χ4n) is 3.68. The van der Waals surface area contributed by atoms with Gasteiger partial charge in [0.1, 0.15) is 10.9 Å². The summed E-state index contributed by atoms with van der Waals surface area (Å²) in [6, 6.07) is 12.2. The van der Waals surface area contributed by atoms with E-state index in [0.29, 0.717) is 11.1 Å². The molecule has 30 heavy (non-hydrogen) atoms. The number of ether oxygens (including phenoxy) is 1. The van der Waals surface area contributed by atoms with E-state index < -0.39 is 0 Å². The molecule has 0 atom stereocenters. The van der Waals surface area contributed by atoms with Gasteiger partial charge in [-0.1, -0.05) is 29.8 Å². The van der Waals surface area contributed by atoms with Crippen LogP contribution in [-0.4, -0.2) is 56.2 Å². The number of piperidine rings is 1. The molecule has 3 rings (SSSR count). The molecule has 1 aliphatic heterocycles. The first-order chi connectivity index (χ1) is 14.7. The Bertz CT molecular complexity index is 786. The number of likely N-dealkylation sites (tertiary alicyclic amines) is 1. The summed E-state index contributed by atoms with van der Waals surface area (Å²) in [5.41, 5.74) is 2.50. The van der Waals surface area contributed by atoms with Crippen molar-refractivity contribution in [1.29, 1.82) is 0 Å². The van der Waals surface area contributed by atoms with Crippen LogP contribution in [0.25, 0.3) is 0 Å². The number of hydrogen-bond donors (Lipinski definition) is 2. The number of pyridine rings is 1. The summed E-state index contributed by atoms with van der Waals surface area (Å²) in [6.07, 6.45) is 5.11. The Morgan fingerprint density at radius 2 is 1.87 bits per heavy atom. The summed E-state index contributed by atoms with van der Waals surface area (Å²) < 4.78 is 5.24. The number of guanidine groups is 1. The van der Waals surface area contributed by atoms with Crippen LogP contribution in [-0.2, 0) is 13.0 Å². The molecule has 0 bridgehead atoms. The number of nitrogens with zero attached hydrogens (tertiary/aromatic N) is 3. The zero-order chi connectivity index (χ0) is 21.2. The zero-order valence-corrected chi connectivity index (χ0v) is 18.7. The first kappa shape index (κ1) is 22.4. The third kappa shape index (κ3) is 7.18. The zero-order valence-electron chi connectivity index (χ0n) is 17.9. The van der Waals surface area contributed by atoms with E-state index in [4.69, 9.17) is 16.3 Å². The van der Waals surface area contributed by atoms with Gasteiger partial charge < -0.3 is 15.4 Å². The molecule has 0 saturated carbocycles. The van der Waals surface area contributed by atoms with Crippen LogP contribution in [0.2, 0.25) is 5.15 Å². The fourth-order valence-corrected chi connectivity index (χ4v) is 3.79. The highest BCUT2D eigenvalue weighted by molar-refractivity contribution is 6.29. The van der Waals surface area contributed by atoms with Crippen molar-refractivity contribution in [3.63, 3.8) is 0 Å². The maximum absolute atomic E-state index is 5.83. The first-order valence-corrected chi connectivity index (χ1v) is 10.9. The molecule has 1 saturated heterocycles. The molecule has 0 spiro atoms. The van der Waals surface area contributed by atoms with Crippen LogP contribution in [0.15, 0.2) is 47.6 Å². The molecule has 0 amide bonds. The lowest BCUT2D eigenvalue weighted by atomic mass is 9.96. The van der Waals surface area contributed by atoms with E-state index in [2.05, 4.69) is 37.6 Å². The average Bonchev–Trinajstić information content (AvgIpc) is 2.79. The maximum Gasteiger partial charge on any atom is 0.190 e. The molecule has 1 aromatic carbocycles. The number of methoxy groups -OCH3 is 1. The van der Waals surface area contributed by atoms with Crippen LogP contribution in [0.4, 0.5) is 0 Å². The van der Waals surface area contributed by atoms with Gasteiger partial charge in [0.05, 0.1) is 7.11 Å². The summed E-state index contributed by atoms with van der Waals surface area (Å²) in [7, 11) is 3.52. The van der Waals surface area contributed by atoms with Crippen molar-refractivity contribution in [3.8, 4) is 5.75 Å². The summed E-state index contributed by atoms with van der Waals surface area (Å²) in [6.45, 7) is 5.04. The third-order valence-electron chi connectivity index (χ3n) is 5.55. The molecule has 0 radical (unpaired) electrons. The Morgan fingerprint density at radius 3 is 2.50 bits per heavy atom. The molecular formula is C23H32ClN5O. The van der Waals surface area contributed by atoms with E-state index in [1.807, 2.05) is 37.5 Å². The number of rotatable bonds is 8. The van der Waals surface area contributed by atoms with E-state index in [9.17, 15) is 0 Å². The Hall–Kier alpha value is -2.31. The van der Waals surface area contributed by atoms with Crippen LogP contribution < -0.4 is 15.4 Å². The summed E-state index contributed by atoms with van der Waals surface area (Å²) >= 11 is 5.83. The summed E-state index contributed by atoms with van der Waals surface area (Å²) in [5.74, 6) is 2.45. The van der Waals surface area contributed by atoms with Gasteiger partial charge in [-0.05, 0) is 67.6 Å². The topological polar surface area (TPSA) is 61.8 Å². The summed E-state index contributed by atoms with van der Waals surface area (Å²) in [4.78, 5) is 11.0. The van der Waals surface area contributed by atoms with Gasteiger partial charge in [-0.2, -0.15) is 0 Å². The van der Waals surface area contributed by atoms with Gasteiger partial charge >= 0.3 is 0 Å². The number of halogens is 1. The van der Waals surface area contributed by atoms with E-state index in [0.717, 1.165) is 56.4 Å². The maximum atomic E-state index is 5.83. The van der Waals surface area contributed by atoms with Crippen LogP contribution in [0, 0.1) is 5.92 Å². The number of aliphatic imine (C=N–C) groups is 1. The van der Waals surface area contributed by atoms with Gasteiger partial charge in [-0.15, -0.1) is 0 Å². The molecular weight excluding hydrogens is 398 g/mol. The monoisotopic (exact) mass is 429 g/mol. The van der Waals surface area contributed by atoms with E-state index in [1.54, 1.807) is 7.11 Å². The van der Waals surface area contributed by atoms with Crippen molar-refractivity contribution in [1.82, 2.24) is 20.5 Å². The number of benzene rings is 1. The Labute approximate surface area is 184 Å². The van der Waals surface area contributed by atoms with Crippen molar-refractivity contribution in [2.45, 2.75) is 25.8 Å². The van der Waals surface area contributed by atoms with Gasteiger partial charge in [-0.25, -0.2) is 4.98 Å². The van der Waals surface area contributed by atoms with Crippen molar-refractivity contribution in [2.75, 3.05) is 40.3 Å². The first-order valence-electron chi connectivity index (χ1n) is 10.6. The van der Waals surface area contributed by atoms with Gasteiger partial charge in [0.25, 0.3) is 0 Å². The SMILES string of the molecule is CN=C(NCCc1ccc(Cl)nc1)NCC1CCN(Cc2ccc(OC)cc2)CC1. The molecule has 2 N–H and O–H groups in total. The molecule has 1 aromatic heterocycles. The molecule has 2 heterocycles. The second-order valence-electron chi connectivity index (χ2n) is 7.69. The third-order valence-corrected chi connectivity index (χ3v) is 5.77. The van der Waals surface area contributed by atoms with Gasteiger partial charge in [0.15, 0.2) is 5.96 Å². The minimum absolute atomic E-state index is 0.527. The lowest BCUT2D eigenvalue weighted by Gasteiger charge is -2.32. The number of hydrogen-bond acceptors (Lipinski definition) is 4. The van der Waals surface area contributed by atoms with E-state index >= 15 is 0 Å². The van der Waals surface area contributed by atoms with Crippen LogP contribution in [0.1, 0.15) is 24.0 Å². The smallest absolute Gasteiger partial charge is 0.190 e. The Morgan fingerprint density at radius 1 is 1.13 bits per heavy atom. The van der Waals surface area contributed by atoms with Crippen LogP contribution >= 0.6 is 11.6 Å². The lowest BCUT2D eigenvalue weighted by molar-refractivity contribution is 0.178. The summed E-state index contributed by atoms with van der Waals surface area (Å²) in [5, 5.41) is 7.39. The molecule has 162 valence electrons. The lowest BCUT2D eigenvalue weighted by Crippen LogP contribution is -2.43. The molecule has 1 fully saturated rings.